The summed E-state index contributed by atoms with van der Waals surface area (Å²) in [5, 5.41) is 5.23. The third-order valence-corrected chi connectivity index (χ3v) is 5.88. The van der Waals surface area contributed by atoms with Crippen molar-refractivity contribution in [3.8, 4) is 23.1 Å². The topological polar surface area (TPSA) is 46.8 Å². The Balaban J connectivity index is 1.33. The van der Waals surface area contributed by atoms with Gasteiger partial charge in [-0.25, -0.2) is 9.37 Å². The summed E-state index contributed by atoms with van der Waals surface area (Å²) in [5.74, 6) is 6.96. The highest BCUT2D eigenvalue weighted by atomic mass is 19.1. The molecule has 0 amide bonds. The first-order valence-corrected chi connectivity index (χ1v) is 10.9. The minimum atomic E-state index is -0.175. The molecule has 1 aliphatic rings. The molecule has 1 aromatic carbocycles. The van der Waals surface area contributed by atoms with Crippen LogP contribution in [0, 0.1) is 23.6 Å². The lowest BCUT2D eigenvalue weighted by atomic mass is 9.96. The maximum atomic E-state index is 13.4. The molecule has 4 heterocycles. The van der Waals surface area contributed by atoms with Crippen LogP contribution in [0.5, 0.6) is 0 Å². The third-order valence-electron chi connectivity index (χ3n) is 5.88. The van der Waals surface area contributed by atoms with Crippen molar-refractivity contribution in [1.29, 1.82) is 0 Å². The number of hydrogen-bond donors (Lipinski definition) is 0. The van der Waals surface area contributed by atoms with E-state index < -0.39 is 0 Å². The Bertz CT molecular complexity index is 1310. The molecule has 1 fully saturated rings. The van der Waals surface area contributed by atoms with E-state index in [1.807, 2.05) is 43.7 Å². The van der Waals surface area contributed by atoms with Crippen molar-refractivity contribution in [2.45, 2.75) is 19.4 Å². The number of piperidine rings is 1. The number of halogens is 1. The van der Waals surface area contributed by atoms with Crippen LogP contribution in [0.2, 0.25) is 0 Å². The fourth-order valence-corrected chi connectivity index (χ4v) is 4.17. The second-order valence-corrected chi connectivity index (χ2v) is 8.28. The van der Waals surface area contributed by atoms with Gasteiger partial charge in [0.15, 0.2) is 0 Å². The van der Waals surface area contributed by atoms with Crippen LogP contribution in [0.4, 0.5) is 4.39 Å². The van der Waals surface area contributed by atoms with Crippen LogP contribution in [0.25, 0.3) is 22.2 Å². The summed E-state index contributed by atoms with van der Waals surface area (Å²) in [6.07, 6.45) is 7.55. The predicted octanol–water partition coefficient (Wildman–Crippen LogP) is 4.43. The lowest BCUT2D eigenvalue weighted by Crippen LogP contribution is -2.32. The second kappa shape index (κ2) is 8.89. The first kappa shape index (κ1) is 20.3. The molecule has 160 valence electrons. The monoisotopic (exact) mass is 425 g/mol. The van der Waals surface area contributed by atoms with Gasteiger partial charge in [-0.1, -0.05) is 18.1 Å². The van der Waals surface area contributed by atoms with Gasteiger partial charge in [-0.15, -0.1) is 0 Å². The highest BCUT2D eigenvalue weighted by molar-refractivity contribution is 5.86. The van der Waals surface area contributed by atoms with Crippen LogP contribution in [0.1, 0.15) is 24.1 Å². The predicted molar refractivity (Wildman–Crippen MR) is 123 cm³/mol. The van der Waals surface area contributed by atoms with Gasteiger partial charge < -0.3 is 0 Å². The van der Waals surface area contributed by atoms with Crippen LogP contribution in [0.15, 0.2) is 61.1 Å². The van der Waals surface area contributed by atoms with Crippen molar-refractivity contribution >= 4 is 10.9 Å². The third kappa shape index (κ3) is 4.53. The SMILES string of the molecule is Cn1cc(-c2cc3ncccc3c(C#CC3CCN(Cc4cccc(F)c4)CC3)n2)cn1. The normalized spacial score (nSPS) is 14.9. The molecule has 5 nitrogen and oxygen atoms in total. The van der Waals surface area contributed by atoms with Gasteiger partial charge in [0, 0.05) is 42.9 Å². The summed E-state index contributed by atoms with van der Waals surface area (Å²) in [4.78, 5) is 11.7. The van der Waals surface area contributed by atoms with Crippen molar-refractivity contribution in [2.75, 3.05) is 13.1 Å². The number of hydrogen-bond acceptors (Lipinski definition) is 4. The molecule has 1 saturated heterocycles. The van der Waals surface area contributed by atoms with Crippen LogP contribution < -0.4 is 0 Å². The van der Waals surface area contributed by atoms with Crippen molar-refractivity contribution < 1.29 is 4.39 Å². The molecule has 32 heavy (non-hydrogen) atoms. The van der Waals surface area contributed by atoms with Crippen LogP contribution in [0.3, 0.4) is 0 Å². The number of benzene rings is 1. The number of aromatic nitrogens is 4. The fraction of sp³-hybridized carbons (Fsp3) is 0.269. The lowest BCUT2D eigenvalue weighted by molar-refractivity contribution is 0.198. The minimum Gasteiger partial charge on any atom is -0.299 e. The van der Waals surface area contributed by atoms with E-state index in [9.17, 15) is 4.39 Å². The molecule has 0 radical (unpaired) electrons. The van der Waals surface area contributed by atoms with Crippen molar-refractivity contribution in [1.82, 2.24) is 24.6 Å². The van der Waals surface area contributed by atoms with E-state index in [4.69, 9.17) is 4.98 Å². The molecule has 1 aliphatic heterocycles. The molecule has 3 aromatic heterocycles. The van der Waals surface area contributed by atoms with E-state index in [0.717, 1.165) is 65.9 Å². The van der Waals surface area contributed by atoms with E-state index in [-0.39, 0.29) is 5.82 Å². The molecule has 0 unspecified atom stereocenters. The number of likely N-dealkylation sites (tertiary alicyclic amines) is 1. The van der Waals surface area contributed by atoms with Gasteiger partial charge in [0.2, 0.25) is 0 Å². The van der Waals surface area contributed by atoms with E-state index in [0.29, 0.717) is 5.92 Å². The van der Waals surface area contributed by atoms with Crippen molar-refractivity contribution in [2.24, 2.45) is 13.0 Å². The molecule has 0 saturated carbocycles. The van der Waals surface area contributed by atoms with E-state index in [2.05, 4.69) is 26.8 Å². The molecule has 4 aromatic rings. The zero-order valence-corrected chi connectivity index (χ0v) is 18.0. The highest BCUT2D eigenvalue weighted by Gasteiger charge is 2.18. The second-order valence-electron chi connectivity index (χ2n) is 8.28. The summed E-state index contributed by atoms with van der Waals surface area (Å²) >= 11 is 0. The lowest BCUT2D eigenvalue weighted by Gasteiger charge is -2.29. The van der Waals surface area contributed by atoms with Gasteiger partial charge in [-0.05, 0) is 67.7 Å². The standard InChI is InChI=1S/C26H24FN5/c1-31-18-21(16-29-31)25-15-26-23(6-3-11-28-26)24(30-25)8-7-19-9-12-32(13-10-19)17-20-4-2-5-22(27)14-20/h2-6,11,14-16,18-19H,9-10,12-13,17H2,1H3. The van der Waals surface area contributed by atoms with E-state index >= 15 is 0 Å². The molecular formula is C26H24FN5. The van der Waals surface area contributed by atoms with Crippen molar-refractivity contribution in [3.63, 3.8) is 0 Å². The summed E-state index contributed by atoms with van der Waals surface area (Å²) < 4.78 is 15.2. The minimum absolute atomic E-state index is 0.175. The molecular weight excluding hydrogens is 401 g/mol. The zero-order chi connectivity index (χ0) is 21.9. The molecule has 0 N–H and O–H groups in total. The van der Waals surface area contributed by atoms with Gasteiger partial charge in [0.05, 0.1) is 17.4 Å². The Hall–Kier alpha value is -3.56. The van der Waals surface area contributed by atoms with E-state index in [1.165, 1.54) is 6.07 Å². The Labute approximate surface area is 186 Å². The van der Waals surface area contributed by atoms with Crippen LogP contribution in [-0.4, -0.2) is 37.7 Å². The van der Waals surface area contributed by atoms with Gasteiger partial charge in [0.1, 0.15) is 11.5 Å². The van der Waals surface area contributed by atoms with Crippen LogP contribution in [-0.2, 0) is 13.6 Å². The smallest absolute Gasteiger partial charge is 0.123 e. The Kier molecular flexibility index (Phi) is 5.66. The Morgan fingerprint density at radius 3 is 2.78 bits per heavy atom. The molecule has 6 heteroatoms. The number of aryl methyl sites for hydroxylation is 1. The zero-order valence-electron chi connectivity index (χ0n) is 18.0. The number of nitrogens with zero attached hydrogens (tertiary/aromatic N) is 5. The summed E-state index contributed by atoms with van der Waals surface area (Å²) in [7, 11) is 1.89. The Morgan fingerprint density at radius 1 is 1.12 bits per heavy atom. The molecule has 0 aliphatic carbocycles. The van der Waals surface area contributed by atoms with E-state index in [1.54, 1.807) is 23.0 Å². The first-order valence-electron chi connectivity index (χ1n) is 10.9. The largest absolute Gasteiger partial charge is 0.299 e. The number of rotatable bonds is 3. The fourth-order valence-electron chi connectivity index (χ4n) is 4.17. The molecule has 0 spiro atoms. The molecule has 0 atom stereocenters. The number of fused-ring (bicyclic) bond motifs is 1. The highest BCUT2D eigenvalue weighted by Crippen LogP contribution is 2.24. The summed E-state index contributed by atoms with van der Waals surface area (Å²) in [6.45, 7) is 2.70. The van der Waals surface area contributed by atoms with Gasteiger partial charge in [-0.3, -0.25) is 14.6 Å². The first-order chi connectivity index (χ1) is 15.6. The van der Waals surface area contributed by atoms with Gasteiger partial charge >= 0.3 is 0 Å². The average molecular weight is 426 g/mol. The maximum Gasteiger partial charge on any atom is 0.123 e. The Morgan fingerprint density at radius 2 is 2.00 bits per heavy atom. The quantitative estimate of drug-likeness (QED) is 0.456. The van der Waals surface area contributed by atoms with Crippen molar-refractivity contribution in [3.05, 3.63) is 78.1 Å². The molecule has 0 bridgehead atoms. The van der Waals surface area contributed by atoms with Gasteiger partial charge in [0.25, 0.3) is 0 Å². The molecule has 5 rings (SSSR count). The average Bonchev–Trinajstić information content (AvgIpc) is 3.24. The van der Waals surface area contributed by atoms with Gasteiger partial charge in [-0.2, -0.15) is 5.10 Å². The summed E-state index contributed by atoms with van der Waals surface area (Å²) in [5.41, 5.74) is 4.45. The number of pyridine rings is 2. The van der Waals surface area contributed by atoms with Crippen LogP contribution >= 0.6 is 0 Å². The maximum absolute atomic E-state index is 13.4. The summed E-state index contributed by atoms with van der Waals surface area (Å²) in [6, 6.07) is 12.8.